The summed E-state index contributed by atoms with van der Waals surface area (Å²) < 4.78 is 0. The summed E-state index contributed by atoms with van der Waals surface area (Å²) >= 11 is 0. The molecule has 0 aliphatic heterocycles. The van der Waals surface area contributed by atoms with Crippen molar-refractivity contribution in [2.24, 2.45) is 5.73 Å². The van der Waals surface area contributed by atoms with Crippen LogP contribution in [0.25, 0.3) is 0 Å². The number of hydrogen-bond acceptors (Lipinski definition) is 5. The topological polar surface area (TPSA) is 118 Å². The van der Waals surface area contributed by atoms with E-state index in [0.29, 0.717) is 6.04 Å². The summed E-state index contributed by atoms with van der Waals surface area (Å²) in [5.74, 6) is 0. The van der Waals surface area contributed by atoms with Crippen molar-refractivity contribution < 1.29 is 42.1 Å². The average Bonchev–Trinajstić information content (AvgIpc) is 2.82. The van der Waals surface area contributed by atoms with E-state index in [1.54, 1.807) is 55.4 Å². The molecular formula is C15H35NO4Ti. The summed E-state index contributed by atoms with van der Waals surface area (Å²) in [5.41, 5.74) is 5.22. The summed E-state index contributed by atoms with van der Waals surface area (Å²) in [5, 5.41) is 38.1. The van der Waals surface area contributed by atoms with Gasteiger partial charge in [0, 0.05) is 6.04 Å². The summed E-state index contributed by atoms with van der Waals surface area (Å²) in [7, 11) is 0. The van der Waals surface area contributed by atoms with E-state index in [1.807, 2.05) is 0 Å². The Morgan fingerprint density at radius 1 is 0.619 bits per heavy atom. The second kappa shape index (κ2) is 25.5. The van der Waals surface area contributed by atoms with Crippen LogP contribution in [-0.2, 0) is 21.7 Å². The third kappa shape index (κ3) is 569. The summed E-state index contributed by atoms with van der Waals surface area (Å²) in [6.45, 7) is 12.9. The molecule has 0 saturated heterocycles. The van der Waals surface area contributed by atoms with E-state index in [-0.39, 0.29) is 21.7 Å². The molecule has 21 heavy (non-hydrogen) atoms. The van der Waals surface area contributed by atoms with Gasteiger partial charge in [-0.15, -0.1) is 24.4 Å². The van der Waals surface area contributed by atoms with Gasteiger partial charge in [-0.1, -0.05) is 55.4 Å². The van der Waals surface area contributed by atoms with E-state index < -0.39 is 24.4 Å². The molecule has 0 bridgehead atoms. The van der Waals surface area contributed by atoms with E-state index in [2.05, 4.69) is 0 Å². The molecule has 0 heterocycles. The fourth-order valence-electron chi connectivity index (χ4n) is 0.0962. The third-order valence-corrected chi connectivity index (χ3v) is 0.622. The Hall–Kier alpha value is 0.514. The van der Waals surface area contributed by atoms with Crippen molar-refractivity contribution >= 4 is 0 Å². The third-order valence-electron chi connectivity index (χ3n) is 0.622. The molecule has 0 radical (unpaired) electrons. The first-order valence-electron chi connectivity index (χ1n) is 7.21. The minimum atomic E-state index is -0.417. The minimum absolute atomic E-state index is 0. The summed E-state index contributed by atoms with van der Waals surface area (Å²) in [4.78, 5) is 0. The van der Waals surface area contributed by atoms with Gasteiger partial charge in [0.05, 0.1) is 0 Å². The van der Waals surface area contributed by atoms with Crippen molar-refractivity contribution in [1.82, 2.24) is 0 Å². The van der Waals surface area contributed by atoms with Crippen molar-refractivity contribution in [3.05, 3.63) is 0 Å². The van der Waals surface area contributed by atoms with Crippen molar-refractivity contribution in [1.29, 1.82) is 0 Å². The van der Waals surface area contributed by atoms with Crippen molar-refractivity contribution in [3.8, 4) is 0 Å². The predicted molar refractivity (Wildman–Crippen MR) is 77.8 cm³/mol. The molecule has 2 N–H and O–H groups in total. The molecule has 1 rings (SSSR count). The molecular weight excluding hydrogens is 306 g/mol. The van der Waals surface area contributed by atoms with Crippen molar-refractivity contribution in [3.63, 3.8) is 0 Å². The van der Waals surface area contributed by atoms with Gasteiger partial charge in [0.2, 0.25) is 0 Å². The molecule has 6 heteroatoms. The molecule has 1 fully saturated rings. The molecule has 1 saturated carbocycles. The molecule has 128 valence electrons. The molecule has 0 aromatic heterocycles. The largest absolute Gasteiger partial charge is 4.00 e. The van der Waals surface area contributed by atoms with E-state index in [1.165, 1.54) is 12.8 Å². The molecule has 0 aromatic carbocycles. The summed E-state index contributed by atoms with van der Waals surface area (Å²) in [6.07, 6.45) is 0.861. The van der Waals surface area contributed by atoms with Crippen molar-refractivity contribution in [2.75, 3.05) is 0 Å². The van der Waals surface area contributed by atoms with E-state index in [4.69, 9.17) is 5.73 Å². The SMILES string of the molecule is CC(C)[O-].CC(C)[O-].CC(C)[O-].CC(C)[O-].NC1CC1.[Ti+4]. The first-order chi connectivity index (χ1) is 8.82. The minimum Gasteiger partial charge on any atom is -0.852 e. The maximum atomic E-state index is 9.53. The average molecular weight is 341 g/mol. The van der Waals surface area contributed by atoms with Gasteiger partial charge in [0.15, 0.2) is 0 Å². The molecule has 0 aromatic rings. The smallest absolute Gasteiger partial charge is 0.852 e. The monoisotopic (exact) mass is 341 g/mol. The van der Waals surface area contributed by atoms with Crippen LogP contribution in [0.15, 0.2) is 0 Å². The quantitative estimate of drug-likeness (QED) is 0.574. The normalized spacial score (nSPS) is 11.9. The maximum absolute atomic E-state index is 9.53. The fourth-order valence-corrected chi connectivity index (χ4v) is 0.0962. The molecule has 0 unspecified atom stereocenters. The van der Waals surface area contributed by atoms with Gasteiger partial charge < -0.3 is 26.2 Å². The number of rotatable bonds is 0. The van der Waals surface area contributed by atoms with Crippen LogP contribution < -0.4 is 26.2 Å². The Morgan fingerprint density at radius 2 is 0.667 bits per heavy atom. The second-order valence-electron chi connectivity index (χ2n) is 5.53. The zero-order valence-electron chi connectivity index (χ0n) is 15.0. The van der Waals surface area contributed by atoms with Gasteiger partial charge >= 0.3 is 21.7 Å². The Morgan fingerprint density at radius 3 is 0.667 bits per heavy atom. The first kappa shape index (κ1) is 33.2. The first-order valence-corrected chi connectivity index (χ1v) is 7.21. The van der Waals surface area contributed by atoms with Crippen molar-refractivity contribution in [2.45, 2.75) is 98.7 Å². The van der Waals surface area contributed by atoms with Gasteiger partial charge in [-0.05, 0) is 12.8 Å². The zero-order chi connectivity index (χ0) is 17.3. The zero-order valence-corrected chi connectivity index (χ0v) is 16.6. The van der Waals surface area contributed by atoms with Crippen LogP contribution in [-0.4, -0.2) is 30.5 Å². The van der Waals surface area contributed by atoms with Crippen LogP contribution >= 0.6 is 0 Å². The molecule has 5 nitrogen and oxygen atoms in total. The van der Waals surface area contributed by atoms with Gasteiger partial charge in [-0.25, -0.2) is 0 Å². The maximum Gasteiger partial charge on any atom is 4.00 e. The number of nitrogens with two attached hydrogens (primary N) is 1. The van der Waals surface area contributed by atoms with Crippen LogP contribution in [0, 0.1) is 0 Å². The van der Waals surface area contributed by atoms with Crippen LogP contribution in [0.4, 0.5) is 0 Å². The van der Waals surface area contributed by atoms with Gasteiger partial charge in [0.25, 0.3) is 0 Å². The van der Waals surface area contributed by atoms with E-state index in [9.17, 15) is 20.4 Å². The Labute approximate surface area is 146 Å². The van der Waals surface area contributed by atoms with Gasteiger partial charge in [-0.2, -0.15) is 0 Å². The van der Waals surface area contributed by atoms with Crippen LogP contribution in [0.5, 0.6) is 0 Å². The Kier molecular flexibility index (Phi) is 40.3. The number of hydrogen-bond donors (Lipinski definition) is 1. The van der Waals surface area contributed by atoms with Gasteiger partial charge in [-0.3, -0.25) is 0 Å². The molecule has 0 spiro atoms. The molecule has 1 aliphatic carbocycles. The summed E-state index contributed by atoms with van der Waals surface area (Å²) in [6, 6.07) is 0.583. The molecule has 0 amide bonds. The standard InChI is InChI=1S/C3H7N.4C3H7O.Ti/c4-3-1-2-3;4*1-3(2)4;/h3H,1-2,4H2;4*3H,1-2H3;/q;4*-1;+4. The Balaban J connectivity index is -0.0000000502. The fraction of sp³-hybridized carbons (Fsp3) is 1.00. The predicted octanol–water partition coefficient (Wildman–Crippen LogP) is -0.875. The van der Waals surface area contributed by atoms with Crippen LogP contribution in [0.2, 0.25) is 0 Å². The molecule has 0 atom stereocenters. The Bertz CT molecular complexity index is 118. The van der Waals surface area contributed by atoms with E-state index in [0.717, 1.165) is 0 Å². The van der Waals surface area contributed by atoms with Crippen LogP contribution in [0.3, 0.4) is 0 Å². The molecule has 1 aliphatic rings. The van der Waals surface area contributed by atoms with Gasteiger partial charge in [0.1, 0.15) is 0 Å². The van der Waals surface area contributed by atoms with Crippen LogP contribution in [0.1, 0.15) is 68.2 Å². The second-order valence-corrected chi connectivity index (χ2v) is 5.53. The van der Waals surface area contributed by atoms with E-state index >= 15 is 0 Å².